The Morgan fingerprint density at radius 2 is 2.14 bits per heavy atom. The summed E-state index contributed by atoms with van der Waals surface area (Å²) in [6.45, 7) is 2.24. The van der Waals surface area contributed by atoms with E-state index in [9.17, 15) is 5.21 Å². The third-order valence-corrected chi connectivity index (χ3v) is 5.04. The first-order valence-corrected chi connectivity index (χ1v) is 9.36. The summed E-state index contributed by atoms with van der Waals surface area (Å²) in [6.07, 6.45) is 5.03. The summed E-state index contributed by atoms with van der Waals surface area (Å²) >= 11 is 6.04. The molecule has 10 heteroatoms. The third kappa shape index (κ3) is 3.74. The van der Waals surface area contributed by atoms with Gasteiger partial charge in [-0.3, -0.25) is 4.57 Å². The molecule has 2 aromatic heterocycles. The van der Waals surface area contributed by atoms with Crippen molar-refractivity contribution >= 4 is 23.1 Å². The van der Waals surface area contributed by atoms with Crippen LogP contribution >= 0.6 is 11.6 Å². The zero-order chi connectivity index (χ0) is 20.5. The molecule has 29 heavy (non-hydrogen) atoms. The maximum absolute atomic E-state index is 11.3. The summed E-state index contributed by atoms with van der Waals surface area (Å²) in [4.78, 5) is 6.42. The van der Waals surface area contributed by atoms with E-state index in [-0.39, 0.29) is 12.6 Å². The number of anilines is 1. The average molecular weight is 413 g/mol. The molecular formula is C19H19ClN7O2-. The molecule has 0 fully saturated rings. The lowest BCUT2D eigenvalue weighted by molar-refractivity contribution is 0.416. The van der Waals surface area contributed by atoms with Gasteiger partial charge in [0.1, 0.15) is 0 Å². The summed E-state index contributed by atoms with van der Waals surface area (Å²) in [5.41, 5.74) is 1.61. The summed E-state index contributed by atoms with van der Waals surface area (Å²) in [6, 6.07) is 7.04. The summed E-state index contributed by atoms with van der Waals surface area (Å²) in [5, 5.41) is 25.5. The zero-order valence-electron chi connectivity index (χ0n) is 16.2. The van der Waals surface area contributed by atoms with Crippen LogP contribution < -0.4 is 4.90 Å². The molecular weight excluding hydrogens is 394 g/mol. The van der Waals surface area contributed by atoms with E-state index in [0.717, 1.165) is 16.2 Å². The van der Waals surface area contributed by atoms with E-state index < -0.39 is 0 Å². The summed E-state index contributed by atoms with van der Waals surface area (Å²) in [5.74, 6) is 2.24. The van der Waals surface area contributed by atoms with Gasteiger partial charge in [-0.15, -0.1) is 10.2 Å². The lowest BCUT2D eigenvalue weighted by Gasteiger charge is -2.27. The van der Waals surface area contributed by atoms with Gasteiger partial charge in [0.05, 0.1) is 6.04 Å². The highest BCUT2D eigenvalue weighted by atomic mass is 35.5. The van der Waals surface area contributed by atoms with Gasteiger partial charge in [-0.25, -0.2) is 0 Å². The molecule has 1 aromatic carbocycles. The molecule has 3 heterocycles. The number of rotatable bonds is 5. The number of benzene rings is 1. The Morgan fingerprint density at radius 1 is 1.31 bits per heavy atom. The molecule has 0 amide bonds. The minimum absolute atomic E-state index is 0.213. The number of allylic oxidation sites excluding steroid dienone is 2. The van der Waals surface area contributed by atoms with E-state index in [2.05, 4.69) is 20.3 Å². The number of aromatic nitrogens is 5. The van der Waals surface area contributed by atoms with Crippen molar-refractivity contribution in [2.24, 2.45) is 7.05 Å². The van der Waals surface area contributed by atoms with Crippen molar-refractivity contribution in [3.8, 4) is 11.5 Å². The topological polar surface area (TPSA) is 99.2 Å². The van der Waals surface area contributed by atoms with Crippen LogP contribution in [-0.2, 0) is 7.05 Å². The van der Waals surface area contributed by atoms with E-state index in [4.69, 9.17) is 16.1 Å². The molecule has 0 N–H and O–H groups in total. The van der Waals surface area contributed by atoms with Gasteiger partial charge in [0.15, 0.2) is 11.6 Å². The van der Waals surface area contributed by atoms with Crippen LogP contribution in [0.2, 0.25) is 5.02 Å². The summed E-state index contributed by atoms with van der Waals surface area (Å²) < 4.78 is 7.28. The van der Waals surface area contributed by atoms with Crippen molar-refractivity contribution in [3.05, 3.63) is 64.5 Å². The maximum atomic E-state index is 11.3. The van der Waals surface area contributed by atoms with Gasteiger partial charge < -0.3 is 19.7 Å². The van der Waals surface area contributed by atoms with Crippen molar-refractivity contribution < 1.29 is 4.52 Å². The van der Waals surface area contributed by atoms with Gasteiger partial charge in [0.2, 0.25) is 5.95 Å². The molecule has 1 atom stereocenters. The van der Waals surface area contributed by atoms with E-state index in [1.54, 1.807) is 18.2 Å². The largest absolute Gasteiger partial charge is 0.758 e. The quantitative estimate of drug-likeness (QED) is 0.628. The van der Waals surface area contributed by atoms with E-state index in [1.165, 1.54) is 6.20 Å². The predicted octanol–water partition coefficient (Wildman–Crippen LogP) is 3.43. The maximum Gasteiger partial charge on any atom is 0.258 e. The number of hydrogen-bond acceptors (Lipinski definition) is 8. The second kappa shape index (κ2) is 7.69. The van der Waals surface area contributed by atoms with Crippen LogP contribution in [0.15, 0.2) is 47.1 Å². The lowest BCUT2D eigenvalue weighted by Crippen LogP contribution is -2.25. The molecule has 0 saturated carbocycles. The lowest BCUT2D eigenvalue weighted by atomic mass is 10.2. The Labute approximate surface area is 172 Å². The SMILES string of the molecule is C[C@@H](c1noc(-c2cccc(Cl)c2)n1)N(C)c1nnc(C2=CCN([O-])C=C2)n1C. The molecule has 3 aromatic rings. The van der Waals surface area contributed by atoms with Gasteiger partial charge in [-0.1, -0.05) is 28.9 Å². The van der Waals surface area contributed by atoms with Crippen LogP contribution in [0.1, 0.15) is 24.6 Å². The van der Waals surface area contributed by atoms with Gasteiger partial charge in [-0.2, -0.15) is 4.98 Å². The Hall–Kier alpha value is -3.17. The molecule has 0 spiro atoms. The van der Waals surface area contributed by atoms with E-state index in [0.29, 0.717) is 28.5 Å². The fourth-order valence-corrected chi connectivity index (χ4v) is 3.21. The average Bonchev–Trinajstić information content (AvgIpc) is 3.35. The molecule has 150 valence electrons. The second-order valence-corrected chi connectivity index (χ2v) is 7.15. The molecule has 9 nitrogen and oxygen atoms in total. The van der Waals surface area contributed by atoms with Gasteiger partial charge >= 0.3 is 0 Å². The van der Waals surface area contributed by atoms with Crippen molar-refractivity contribution in [2.45, 2.75) is 13.0 Å². The molecule has 0 aliphatic carbocycles. The first kappa shape index (κ1) is 19.2. The van der Waals surface area contributed by atoms with Crippen LogP contribution in [0.5, 0.6) is 0 Å². The van der Waals surface area contributed by atoms with E-state index in [1.807, 2.05) is 48.7 Å². The predicted molar refractivity (Wildman–Crippen MR) is 110 cm³/mol. The smallest absolute Gasteiger partial charge is 0.258 e. The number of hydroxylamine groups is 2. The van der Waals surface area contributed by atoms with Crippen LogP contribution in [0, 0.1) is 5.21 Å². The monoisotopic (exact) mass is 412 g/mol. The third-order valence-electron chi connectivity index (χ3n) is 4.80. The van der Waals surface area contributed by atoms with Crippen molar-refractivity contribution in [1.29, 1.82) is 0 Å². The van der Waals surface area contributed by atoms with Gasteiger partial charge in [0, 0.05) is 36.8 Å². The normalized spacial score (nSPS) is 14.8. The molecule has 1 aliphatic rings. The van der Waals surface area contributed by atoms with Crippen LogP contribution in [0.4, 0.5) is 5.95 Å². The molecule has 0 unspecified atom stereocenters. The van der Waals surface area contributed by atoms with Gasteiger partial charge in [0.25, 0.3) is 5.89 Å². The first-order chi connectivity index (χ1) is 13.9. The molecule has 1 aliphatic heterocycles. The highest BCUT2D eigenvalue weighted by Gasteiger charge is 2.24. The van der Waals surface area contributed by atoms with Gasteiger partial charge in [-0.05, 0) is 37.4 Å². The number of hydrogen-bond donors (Lipinski definition) is 0. The fourth-order valence-electron chi connectivity index (χ4n) is 3.02. The Morgan fingerprint density at radius 3 is 2.86 bits per heavy atom. The van der Waals surface area contributed by atoms with Crippen molar-refractivity contribution in [1.82, 2.24) is 30.0 Å². The van der Waals surface area contributed by atoms with Crippen LogP contribution in [0.25, 0.3) is 17.0 Å². The van der Waals surface area contributed by atoms with Crippen LogP contribution in [-0.4, -0.2) is 43.6 Å². The Bertz CT molecular complexity index is 1090. The van der Waals surface area contributed by atoms with E-state index >= 15 is 0 Å². The summed E-state index contributed by atoms with van der Waals surface area (Å²) in [7, 11) is 3.76. The number of nitrogens with zero attached hydrogens (tertiary/aromatic N) is 7. The second-order valence-electron chi connectivity index (χ2n) is 6.71. The highest BCUT2D eigenvalue weighted by Crippen LogP contribution is 2.27. The van der Waals surface area contributed by atoms with Crippen molar-refractivity contribution in [2.75, 3.05) is 18.5 Å². The highest BCUT2D eigenvalue weighted by molar-refractivity contribution is 6.30. The molecule has 0 bridgehead atoms. The number of halogens is 1. The molecule has 4 rings (SSSR count). The minimum atomic E-state index is -0.213. The zero-order valence-corrected chi connectivity index (χ0v) is 16.9. The Balaban J connectivity index is 1.56. The fraction of sp³-hybridized carbons (Fsp3) is 0.263. The molecule has 0 radical (unpaired) electrons. The first-order valence-electron chi connectivity index (χ1n) is 8.98. The Kier molecular flexibility index (Phi) is 5.08. The standard InChI is InChI=1S/C19H19ClN7O2/c1-12(16-21-18(29-24-16)14-5-4-6-15(20)11-14)25(2)19-23-22-17(26(19)3)13-7-9-27(28)10-8-13/h4-9,11-12H,10H2,1-3H3/q-1/t12-/m0/s1. The van der Waals surface area contributed by atoms with Crippen LogP contribution in [0.3, 0.4) is 0 Å². The minimum Gasteiger partial charge on any atom is -0.758 e. The molecule has 0 saturated heterocycles. The van der Waals surface area contributed by atoms with Crippen molar-refractivity contribution in [3.63, 3.8) is 0 Å².